The summed E-state index contributed by atoms with van der Waals surface area (Å²) in [4.78, 5) is 12.2. The number of benzene rings is 1. The number of primary sulfonamides is 1. The van der Waals surface area contributed by atoms with Crippen molar-refractivity contribution in [3.05, 3.63) is 28.8 Å². The summed E-state index contributed by atoms with van der Waals surface area (Å²) in [5.41, 5.74) is -0.411. The minimum atomic E-state index is -3.89. The van der Waals surface area contributed by atoms with E-state index in [0.29, 0.717) is 13.2 Å². The molecule has 0 bridgehead atoms. The molecule has 1 unspecified atom stereocenters. The van der Waals surface area contributed by atoms with Gasteiger partial charge < -0.3 is 10.1 Å². The lowest BCUT2D eigenvalue weighted by molar-refractivity contribution is 0.0272. The zero-order valence-electron chi connectivity index (χ0n) is 11.6. The van der Waals surface area contributed by atoms with Gasteiger partial charge in [0.2, 0.25) is 10.0 Å². The van der Waals surface area contributed by atoms with Crippen LogP contribution in [0.2, 0.25) is 5.02 Å². The summed E-state index contributed by atoms with van der Waals surface area (Å²) < 4.78 is 28.1. The van der Waals surface area contributed by atoms with Crippen LogP contribution >= 0.6 is 11.6 Å². The number of amides is 1. The normalized spacial score (nSPS) is 22.8. The van der Waals surface area contributed by atoms with Gasteiger partial charge in [-0.05, 0) is 38.0 Å². The quantitative estimate of drug-likeness (QED) is 0.871. The van der Waals surface area contributed by atoms with Crippen molar-refractivity contribution in [2.24, 2.45) is 5.14 Å². The Morgan fingerprint density at radius 1 is 1.48 bits per heavy atom. The van der Waals surface area contributed by atoms with E-state index < -0.39 is 21.5 Å². The summed E-state index contributed by atoms with van der Waals surface area (Å²) in [5.74, 6) is -0.446. The summed E-state index contributed by atoms with van der Waals surface area (Å²) >= 11 is 5.98. The summed E-state index contributed by atoms with van der Waals surface area (Å²) in [6, 6.07) is 3.79. The second-order valence-electron chi connectivity index (χ2n) is 5.36. The van der Waals surface area contributed by atoms with Gasteiger partial charge in [-0.25, -0.2) is 13.6 Å². The van der Waals surface area contributed by atoms with Crippen LogP contribution in [0.15, 0.2) is 23.1 Å². The van der Waals surface area contributed by atoms with Gasteiger partial charge in [-0.1, -0.05) is 11.6 Å². The maximum Gasteiger partial charge on any atom is 0.253 e. The fourth-order valence-electron chi connectivity index (χ4n) is 2.23. The molecule has 0 radical (unpaired) electrons. The molecule has 2 rings (SSSR count). The molecule has 1 saturated heterocycles. The van der Waals surface area contributed by atoms with E-state index in [0.717, 1.165) is 12.8 Å². The van der Waals surface area contributed by atoms with Gasteiger partial charge in [0, 0.05) is 6.61 Å². The van der Waals surface area contributed by atoms with Crippen molar-refractivity contribution in [1.29, 1.82) is 0 Å². The van der Waals surface area contributed by atoms with Crippen molar-refractivity contribution in [3.8, 4) is 0 Å². The Balaban J connectivity index is 2.26. The van der Waals surface area contributed by atoms with Crippen molar-refractivity contribution >= 4 is 27.5 Å². The summed E-state index contributed by atoms with van der Waals surface area (Å²) in [6.07, 6.45) is 1.63. The highest BCUT2D eigenvalue weighted by Crippen LogP contribution is 2.23. The number of sulfonamides is 1. The van der Waals surface area contributed by atoms with E-state index in [1.165, 1.54) is 18.2 Å². The predicted molar refractivity (Wildman–Crippen MR) is 78.7 cm³/mol. The van der Waals surface area contributed by atoms with Gasteiger partial charge in [-0.2, -0.15) is 0 Å². The van der Waals surface area contributed by atoms with Crippen LogP contribution in [-0.2, 0) is 14.8 Å². The largest absolute Gasteiger partial charge is 0.379 e. The van der Waals surface area contributed by atoms with Crippen molar-refractivity contribution in [2.75, 3.05) is 13.2 Å². The van der Waals surface area contributed by atoms with E-state index in [-0.39, 0.29) is 15.5 Å². The standard InChI is InChI=1S/C13H17ClN2O4S/c1-13(5-2-6-20-8-13)16-12(17)10-7-9(21(15,18)19)3-4-11(10)14/h3-4,7H,2,5-6,8H2,1H3,(H,16,17)(H2,15,18,19). The van der Waals surface area contributed by atoms with Crippen LogP contribution in [0.1, 0.15) is 30.1 Å². The Bertz CT molecular complexity index is 654. The predicted octanol–water partition coefficient (Wildman–Crippen LogP) is 1.29. The number of halogens is 1. The molecule has 1 fully saturated rings. The molecule has 8 heteroatoms. The minimum Gasteiger partial charge on any atom is -0.379 e. The van der Waals surface area contributed by atoms with E-state index in [4.69, 9.17) is 21.5 Å². The molecule has 21 heavy (non-hydrogen) atoms. The number of nitrogens with one attached hydrogen (secondary N) is 1. The zero-order valence-corrected chi connectivity index (χ0v) is 13.1. The second-order valence-corrected chi connectivity index (χ2v) is 7.33. The van der Waals surface area contributed by atoms with E-state index in [2.05, 4.69) is 5.32 Å². The molecule has 0 saturated carbocycles. The summed E-state index contributed by atoms with van der Waals surface area (Å²) in [5, 5.41) is 8.08. The van der Waals surface area contributed by atoms with Gasteiger partial charge in [0.25, 0.3) is 5.91 Å². The molecule has 1 amide bonds. The van der Waals surface area contributed by atoms with Gasteiger partial charge in [0.15, 0.2) is 0 Å². The van der Waals surface area contributed by atoms with Crippen LogP contribution in [0, 0.1) is 0 Å². The van der Waals surface area contributed by atoms with Crippen molar-refractivity contribution < 1.29 is 17.9 Å². The molecule has 0 aromatic heterocycles. The van der Waals surface area contributed by atoms with Crippen LogP contribution in [0.3, 0.4) is 0 Å². The molecule has 6 nitrogen and oxygen atoms in total. The van der Waals surface area contributed by atoms with Gasteiger partial charge in [0.1, 0.15) is 0 Å². The first-order chi connectivity index (χ1) is 9.71. The maximum atomic E-state index is 12.3. The lowest BCUT2D eigenvalue weighted by atomic mass is 9.94. The first-order valence-electron chi connectivity index (χ1n) is 6.44. The number of hydrogen-bond donors (Lipinski definition) is 2. The molecule has 0 aliphatic carbocycles. The van der Waals surface area contributed by atoms with E-state index >= 15 is 0 Å². The third-order valence-electron chi connectivity index (χ3n) is 3.36. The first kappa shape index (κ1) is 16.2. The fraction of sp³-hybridized carbons (Fsp3) is 0.462. The molecule has 1 aliphatic rings. The van der Waals surface area contributed by atoms with E-state index in [1.54, 1.807) is 0 Å². The number of ether oxygens (including phenoxy) is 1. The van der Waals surface area contributed by atoms with Gasteiger partial charge in [-0.3, -0.25) is 4.79 Å². The molecule has 1 aromatic rings. The Hall–Kier alpha value is -1.15. The lowest BCUT2D eigenvalue weighted by Gasteiger charge is -2.34. The minimum absolute atomic E-state index is 0.0787. The van der Waals surface area contributed by atoms with Gasteiger partial charge in [-0.15, -0.1) is 0 Å². The molecular formula is C13H17ClN2O4S. The SMILES string of the molecule is CC1(NC(=O)c2cc(S(N)(=O)=O)ccc2Cl)CCCOC1. The van der Waals surface area contributed by atoms with E-state index in [9.17, 15) is 13.2 Å². The lowest BCUT2D eigenvalue weighted by Crippen LogP contribution is -2.51. The molecular weight excluding hydrogens is 316 g/mol. The highest BCUT2D eigenvalue weighted by Gasteiger charge is 2.30. The number of hydrogen-bond acceptors (Lipinski definition) is 4. The monoisotopic (exact) mass is 332 g/mol. The Morgan fingerprint density at radius 3 is 2.76 bits per heavy atom. The summed E-state index contributed by atoms with van der Waals surface area (Å²) in [7, 11) is -3.89. The first-order valence-corrected chi connectivity index (χ1v) is 8.36. The van der Waals surface area contributed by atoms with E-state index in [1.807, 2.05) is 6.92 Å². The van der Waals surface area contributed by atoms with Crippen molar-refractivity contribution in [3.63, 3.8) is 0 Å². The molecule has 1 aliphatic heterocycles. The van der Waals surface area contributed by atoms with Crippen molar-refractivity contribution in [2.45, 2.75) is 30.2 Å². The average Bonchev–Trinajstić information content (AvgIpc) is 2.38. The topological polar surface area (TPSA) is 98.5 Å². The number of nitrogens with two attached hydrogens (primary N) is 1. The van der Waals surface area contributed by atoms with Crippen LogP contribution in [-0.4, -0.2) is 33.1 Å². The third kappa shape index (κ3) is 3.94. The highest BCUT2D eigenvalue weighted by atomic mass is 35.5. The Labute approximate surface area is 128 Å². The van der Waals surface area contributed by atoms with Crippen LogP contribution in [0.4, 0.5) is 0 Å². The molecule has 1 heterocycles. The van der Waals surface area contributed by atoms with Gasteiger partial charge >= 0.3 is 0 Å². The third-order valence-corrected chi connectivity index (χ3v) is 4.60. The van der Waals surface area contributed by atoms with Crippen LogP contribution in [0.5, 0.6) is 0 Å². The Kier molecular flexibility index (Phi) is 4.57. The Morgan fingerprint density at radius 2 is 2.19 bits per heavy atom. The number of rotatable bonds is 3. The average molecular weight is 333 g/mol. The molecule has 1 atom stereocenters. The number of carbonyl (C=O) groups excluding carboxylic acids is 1. The molecule has 1 aromatic carbocycles. The smallest absolute Gasteiger partial charge is 0.253 e. The maximum absolute atomic E-state index is 12.3. The molecule has 116 valence electrons. The van der Waals surface area contributed by atoms with Crippen LogP contribution in [0.25, 0.3) is 0 Å². The van der Waals surface area contributed by atoms with Gasteiger partial charge in [0.05, 0.1) is 27.6 Å². The number of carbonyl (C=O) groups is 1. The zero-order chi connectivity index (χ0) is 15.7. The van der Waals surface area contributed by atoms with Crippen molar-refractivity contribution in [1.82, 2.24) is 5.32 Å². The fourth-order valence-corrected chi connectivity index (χ4v) is 2.97. The molecule has 3 N–H and O–H groups in total. The summed E-state index contributed by atoms with van der Waals surface area (Å²) in [6.45, 7) is 2.96. The second kappa shape index (κ2) is 5.92. The molecule has 0 spiro atoms. The highest BCUT2D eigenvalue weighted by molar-refractivity contribution is 7.89. The van der Waals surface area contributed by atoms with Crippen LogP contribution < -0.4 is 10.5 Å².